The Kier molecular flexibility index (Phi) is 6.76. The van der Waals surface area contributed by atoms with Crippen LogP contribution < -0.4 is 10.0 Å². The molecule has 0 amide bonds. The number of nitro benzene ring substituents is 1. The molecule has 1 aliphatic carbocycles. The van der Waals surface area contributed by atoms with Crippen LogP contribution >= 0.6 is 27.7 Å². The highest BCUT2D eigenvalue weighted by Crippen LogP contribution is 2.55. The highest BCUT2D eigenvalue weighted by Gasteiger charge is 2.55. The summed E-state index contributed by atoms with van der Waals surface area (Å²) in [4.78, 5) is 10.1. The summed E-state index contributed by atoms with van der Waals surface area (Å²) in [5.41, 5.74) is 6.89. The summed E-state index contributed by atoms with van der Waals surface area (Å²) >= 11 is 5.23. The number of fused-ring (bicyclic) bond motifs is 2. The van der Waals surface area contributed by atoms with Crippen LogP contribution in [0.5, 0.6) is 0 Å². The molecular weight excluding hydrogens is 610 g/mol. The number of hydrazone groups is 2. The second kappa shape index (κ2) is 10.7. The molecule has 1 spiro atoms. The van der Waals surface area contributed by atoms with Crippen molar-refractivity contribution in [2.75, 3.05) is 10.0 Å². The Morgan fingerprint density at radius 1 is 0.762 bits per heavy atom. The molecule has 0 bridgehead atoms. The van der Waals surface area contributed by atoms with E-state index in [9.17, 15) is 10.1 Å². The number of anilines is 2. The Bertz CT molecular complexity index is 1810. The van der Waals surface area contributed by atoms with Crippen LogP contribution in [0, 0.1) is 10.1 Å². The maximum Gasteiger partial charge on any atom is 0.269 e. The van der Waals surface area contributed by atoms with Gasteiger partial charge in [-0.15, -0.1) is 0 Å². The van der Waals surface area contributed by atoms with Gasteiger partial charge >= 0.3 is 0 Å². The van der Waals surface area contributed by atoms with Gasteiger partial charge in [0, 0.05) is 28.8 Å². The van der Waals surface area contributed by atoms with Crippen LogP contribution in [0.4, 0.5) is 17.1 Å². The molecule has 0 unspecified atom stereocenters. The Morgan fingerprint density at radius 2 is 1.38 bits per heavy atom. The van der Waals surface area contributed by atoms with Crippen molar-refractivity contribution in [3.63, 3.8) is 0 Å². The molecule has 0 N–H and O–H groups in total. The Labute approximate surface area is 255 Å². The van der Waals surface area contributed by atoms with Gasteiger partial charge in [0.05, 0.1) is 22.0 Å². The van der Waals surface area contributed by atoms with Crippen molar-refractivity contribution in [2.24, 2.45) is 10.2 Å². The van der Waals surface area contributed by atoms with Crippen LogP contribution in [-0.2, 0) is 4.99 Å². The molecule has 206 valence electrons. The number of nitro groups is 1. The number of para-hydroxylation sites is 2. The summed E-state index contributed by atoms with van der Waals surface area (Å²) in [6.45, 7) is 0. The first-order chi connectivity index (χ1) is 20.5. The fraction of sp³-hybridized carbons (Fsp3) is 0.0909. The molecule has 2 heterocycles. The van der Waals surface area contributed by atoms with Crippen molar-refractivity contribution >= 4 is 55.5 Å². The maximum atomic E-state index is 11.4. The first-order valence-corrected chi connectivity index (χ1v) is 15.1. The average molecular weight is 635 g/mol. The van der Waals surface area contributed by atoms with E-state index in [2.05, 4.69) is 69.5 Å². The predicted molar refractivity (Wildman–Crippen MR) is 174 cm³/mol. The van der Waals surface area contributed by atoms with Gasteiger partial charge in [0.2, 0.25) is 4.99 Å². The number of nitrogens with zero attached hydrogens (tertiary/aromatic N) is 5. The van der Waals surface area contributed by atoms with E-state index in [1.54, 1.807) is 23.9 Å². The van der Waals surface area contributed by atoms with Gasteiger partial charge in [-0.3, -0.25) is 10.1 Å². The van der Waals surface area contributed by atoms with Gasteiger partial charge in [-0.2, -0.15) is 10.2 Å². The smallest absolute Gasteiger partial charge is 0.258 e. The van der Waals surface area contributed by atoms with Crippen molar-refractivity contribution in [3.8, 4) is 0 Å². The number of hydrogen-bond donors (Lipinski definition) is 0. The summed E-state index contributed by atoms with van der Waals surface area (Å²) in [6.07, 6.45) is 6.05. The van der Waals surface area contributed by atoms with Crippen molar-refractivity contribution in [2.45, 2.75) is 17.8 Å². The SMILES string of the molecule is O=[N+]([O-])c1ccc(C2=NN(c3ccccc3)[C@@]3(S2)c2ccccc2C(C2=CC=C(Br)CC2)=NN3c2ccccc2)cc1. The molecule has 0 aromatic heterocycles. The number of non-ortho nitro benzene ring substituents is 1. The number of allylic oxidation sites excluding steroid dienone is 4. The van der Waals surface area contributed by atoms with Crippen LogP contribution in [-0.4, -0.2) is 15.7 Å². The lowest BCUT2D eigenvalue weighted by Gasteiger charge is -2.47. The Morgan fingerprint density at radius 3 is 2.00 bits per heavy atom. The Balaban J connectivity index is 1.47. The maximum absolute atomic E-state index is 11.4. The lowest BCUT2D eigenvalue weighted by Crippen LogP contribution is -2.54. The first kappa shape index (κ1) is 26.4. The molecule has 9 heteroatoms. The summed E-state index contributed by atoms with van der Waals surface area (Å²) in [6, 6.07) is 35.2. The molecule has 3 aliphatic rings. The van der Waals surface area contributed by atoms with Crippen molar-refractivity contribution < 1.29 is 4.92 Å². The number of hydrogen-bond acceptors (Lipinski definition) is 7. The second-order valence-electron chi connectivity index (χ2n) is 10.0. The molecule has 42 heavy (non-hydrogen) atoms. The fourth-order valence-corrected chi connectivity index (χ4v) is 7.19. The first-order valence-electron chi connectivity index (χ1n) is 13.5. The molecule has 4 aromatic carbocycles. The van der Waals surface area contributed by atoms with E-state index in [0.717, 1.165) is 51.7 Å². The normalized spacial score (nSPS) is 19.5. The van der Waals surface area contributed by atoms with E-state index in [1.807, 2.05) is 53.5 Å². The second-order valence-corrected chi connectivity index (χ2v) is 12.2. The zero-order chi connectivity index (χ0) is 28.7. The van der Waals surface area contributed by atoms with Crippen LogP contribution in [0.25, 0.3) is 0 Å². The molecule has 4 aromatic rings. The third-order valence-corrected chi connectivity index (χ3v) is 9.49. The minimum atomic E-state index is -0.911. The van der Waals surface area contributed by atoms with Gasteiger partial charge < -0.3 is 0 Å². The van der Waals surface area contributed by atoms with Crippen molar-refractivity contribution in [1.29, 1.82) is 0 Å². The zero-order valence-corrected chi connectivity index (χ0v) is 24.7. The molecule has 2 aliphatic heterocycles. The van der Waals surface area contributed by atoms with Crippen molar-refractivity contribution in [3.05, 3.63) is 158 Å². The van der Waals surface area contributed by atoms with E-state index in [-0.39, 0.29) is 10.6 Å². The van der Waals surface area contributed by atoms with E-state index < -0.39 is 4.99 Å². The number of halogens is 1. The number of rotatable bonds is 5. The van der Waals surface area contributed by atoms with E-state index in [4.69, 9.17) is 10.2 Å². The number of benzene rings is 4. The molecule has 0 saturated heterocycles. The summed E-state index contributed by atoms with van der Waals surface area (Å²) in [5.74, 6) is 0. The number of thioether (sulfide) groups is 1. The highest BCUT2D eigenvalue weighted by molar-refractivity contribution is 9.11. The van der Waals surface area contributed by atoms with Gasteiger partial charge in [0.1, 0.15) is 5.04 Å². The van der Waals surface area contributed by atoms with Gasteiger partial charge in [-0.1, -0.05) is 88.7 Å². The van der Waals surface area contributed by atoms with Crippen LogP contribution in [0.3, 0.4) is 0 Å². The van der Waals surface area contributed by atoms with Gasteiger partial charge in [-0.05, 0) is 71.1 Å². The van der Waals surface area contributed by atoms with E-state index >= 15 is 0 Å². The largest absolute Gasteiger partial charge is 0.269 e. The van der Waals surface area contributed by atoms with Crippen molar-refractivity contribution in [1.82, 2.24) is 0 Å². The molecular formula is C33H24BrN5O2S. The third kappa shape index (κ3) is 4.45. The van der Waals surface area contributed by atoms with Gasteiger partial charge in [0.25, 0.3) is 5.69 Å². The van der Waals surface area contributed by atoms with E-state index in [0.29, 0.717) is 0 Å². The predicted octanol–water partition coefficient (Wildman–Crippen LogP) is 8.54. The zero-order valence-electron chi connectivity index (χ0n) is 22.3. The summed E-state index contributed by atoms with van der Waals surface area (Å²) in [5, 5.41) is 26.9. The molecule has 7 rings (SSSR count). The molecule has 0 fully saturated rings. The molecule has 0 saturated carbocycles. The lowest BCUT2D eigenvalue weighted by atomic mass is 9.90. The van der Waals surface area contributed by atoms with E-state index in [1.165, 1.54) is 22.2 Å². The average Bonchev–Trinajstić information content (AvgIpc) is 3.44. The fourth-order valence-electron chi connectivity index (χ4n) is 5.46. The van der Waals surface area contributed by atoms with Crippen LogP contribution in [0.2, 0.25) is 0 Å². The third-order valence-electron chi connectivity index (χ3n) is 7.47. The lowest BCUT2D eigenvalue weighted by molar-refractivity contribution is -0.384. The van der Waals surface area contributed by atoms with Gasteiger partial charge in [0.15, 0.2) is 0 Å². The molecule has 1 atom stereocenters. The molecule has 0 radical (unpaired) electrons. The van der Waals surface area contributed by atoms with Gasteiger partial charge in [-0.25, -0.2) is 10.0 Å². The minimum absolute atomic E-state index is 0.0431. The highest BCUT2D eigenvalue weighted by atomic mass is 79.9. The molecule has 7 nitrogen and oxygen atoms in total. The van der Waals surface area contributed by atoms with Crippen LogP contribution in [0.1, 0.15) is 29.5 Å². The monoisotopic (exact) mass is 633 g/mol. The Hall–Kier alpha value is -4.47. The summed E-state index contributed by atoms with van der Waals surface area (Å²) < 4.78 is 1.18. The topological polar surface area (TPSA) is 74.3 Å². The quantitative estimate of drug-likeness (QED) is 0.163. The van der Waals surface area contributed by atoms with Crippen LogP contribution in [0.15, 0.2) is 142 Å². The standard InChI is InChI=1S/C33H24BrN5O2S/c34-25-19-15-23(16-20-25)31-29-13-7-8-14-30(29)33(37(35-31)26-9-3-1-4-10-26)38(27-11-5-2-6-12-27)36-32(42-33)24-17-21-28(22-18-24)39(40)41/h1-15,17-19,21-22H,16,20H2/t33-/m1/s1. The minimum Gasteiger partial charge on any atom is -0.258 e. The summed E-state index contributed by atoms with van der Waals surface area (Å²) in [7, 11) is 0.